The van der Waals surface area contributed by atoms with Gasteiger partial charge < -0.3 is 0 Å². The molecule has 1 rings (SSSR count). The monoisotopic (exact) mass is 244 g/mol. The molecule has 1 aromatic carbocycles. The highest BCUT2D eigenvalue weighted by atomic mass is 19.1. The summed E-state index contributed by atoms with van der Waals surface area (Å²) < 4.78 is 12.9. The third-order valence-electron chi connectivity index (χ3n) is 3.23. The van der Waals surface area contributed by atoms with Crippen LogP contribution < -0.4 is 0 Å². The fourth-order valence-corrected chi connectivity index (χ4v) is 1.95. The summed E-state index contributed by atoms with van der Waals surface area (Å²) in [4.78, 5) is 0. The predicted molar refractivity (Wildman–Crippen MR) is 77.7 cm³/mol. The topological polar surface area (TPSA) is 0 Å². The van der Waals surface area contributed by atoms with Crippen molar-refractivity contribution < 1.29 is 4.39 Å². The zero-order chi connectivity index (χ0) is 13.7. The van der Waals surface area contributed by atoms with Crippen molar-refractivity contribution in [2.24, 2.45) is 11.8 Å². The Morgan fingerprint density at radius 3 is 2.22 bits per heavy atom. The highest BCUT2D eigenvalue weighted by Gasteiger charge is 2.18. The molecule has 0 N–H and O–H groups in total. The second-order valence-corrected chi connectivity index (χ2v) is 4.84. The Morgan fingerprint density at radius 1 is 1.22 bits per heavy atom. The molecule has 0 amide bonds. The maximum atomic E-state index is 12.9. The minimum atomic E-state index is -0.227. The summed E-state index contributed by atoms with van der Waals surface area (Å²) in [7, 11) is 0. The first-order valence-corrected chi connectivity index (χ1v) is 6.21. The lowest BCUT2D eigenvalue weighted by molar-refractivity contribution is 0.626. The van der Waals surface area contributed by atoms with Gasteiger partial charge in [0.15, 0.2) is 0 Å². The molecule has 0 aliphatic heterocycles. The molecule has 1 atom stereocenters. The van der Waals surface area contributed by atoms with Gasteiger partial charge in [-0.3, -0.25) is 0 Å². The van der Waals surface area contributed by atoms with Crippen LogP contribution in [0.2, 0.25) is 0 Å². The zero-order valence-corrected chi connectivity index (χ0v) is 11.2. The van der Waals surface area contributed by atoms with Gasteiger partial charge in [0.1, 0.15) is 5.82 Å². The molecule has 0 bridgehead atoms. The molecule has 0 aliphatic rings. The Hall–Kier alpha value is -1.63. The van der Waals surface area contributed by atoms with Crippen molar-refractivity contribution in [2.75, 3.05) is 0 Å². The summed E-state index contributed by atoms with van der Waals surface area (Å²) in [5.74, 6) is 0.342. The van der Waals surface area contributed by atoms with Gasteiger partial charge in [0.05, 0.1) is 0 Å². The summed E-state index contributed by atoms with van der Waals surface area (Å²) in [6, 6.07) is 6.45. The van der Waals surface area contributed by atoms with Crippen LogP contribution in [0.5, 0.6) is 0 Å². The van der Waals surface area contributed by atoms with Gasteiger partial charge in [-0.1, -0.05) is 50.8 Å². The molecule has 1 heteroatoms. The lowest BCUT2D eigenvalue weighted by Crippen LogP contribution is -2.09. The molecular weight excluding hydrogens is 223 g/mol. The van der Waals surface area contributed by atoms with Gasteiger partial charge in [0, 0.05) is 5.92 Å². The van der Waals surface area contributed by atoms with Gasteiger partial charge >= 0.3 is 0 Å². The number of hydrogen-bond acceptors (Lipinski definition) is 0. The molecule has 96 valence electrons. The van der Waals surface area contributed by atoms with E-state index in [0.717, 1.165) is 23.1 Å². The Kier molecular flexibility index (Phi) is 5.08. The van der Waals surface area contributed by atoms with E-state index < -0.39 is 0 Å². The van der Waals surface area contributed by atoms with Crippen molar-refractivity contribution in [3.05, 3.63) is 67.0 Å². The smallest absolute Gasteiger partial charge is 0.123 e. The first kappa shape index (κ1) is 14.4. The number of allylic oxidation sites excluding steroid dienone is 3. The van der Waals surface area contributed by atoms with Crippen molar-refractivity contribution in [2.45, 2.75) is 20.3 Å². The van der Waals surface area contributed by atoms with Crippen molar-refractivity contribution in [3.8, 4) is 0 Å². The Balaban J connectivity index is 2.99. The quantitative estimate of drug-likeness (QED) is 0.600. The molecule has 0 saturated heterocycles. The predicted octanol–water partition coefficient (Wildman–Crippen LogP) is 5.24. The number of hydrogen-bond donors (Lipinski definition) is 0. The molecule has 0 radical (unpaired) electrons. The average molecular weight is 244 g/mol. The number of halogens is 1. The van der Waals surface area contributed by atoms with Crippen LogP contribution in [-0.2, 0) is 0 Å². The first-order chi connectivity index (χ1) is 8.47. The molecule has 0 fully saturated rings. The SMILES string of the molecule is C=CCC(C(=C)c1ccc(F)cc1)C(=C)C(C)C. The minimum absolute atomic E-state index is 0.174. The molecule has 0 aliphatic carbocycles. The fourth-order valence-electron chi connectivity index (χ4n) is 1.95. The molecule has 1 aromatic rings. The lowest BCUT2D eigenvalue weighted by Gasteiger charge is -2.23. The van der Waals surface area contributed by atoms with Crippen molar-refractivity contribution >= 4 is 5.57 Å². The van der Waals surface area contributed by atoms with E-state index >= 15 is 0 Å². The maximum absolute atomic E-state index is 12.9. The third kappa shape index (κ3) is 3.43. The van der Waals surface area contributed by atoms with E-state index in [1.165, 1.54) is 12.1 Å². The zero-order valence-electron chi connectivity index (χ0n) is 11.2. The largest absolute Gasteiger partial charge is 0.207 e. The first-order valence-electron chi connectivity index (χ1n) is 6.21. The summed E-state index contributed by atoms with van der Waals surface area (Å²) >= 11 is 0. The van der Waals surface area contributed by atoms with E-state index in [2.05, 4.69) is 33.6 Å². The van der Waals surface area contributed by atoms with Crippen molar-refractivity contribution in [1.29, 1.82) is 0 Å². The third-order valence-corrected chi connectivity index (χ3v) is 3.23. The van der Waals surface area contributed by atoms with Crippen LogP contribution >= 0.6 is 0 Å². The Morgan fingerprint density at radius 2 is 1.78 bits per heavy atom. The second kappa shape index (κ2) is 6.34. The van der Waals surface area contributed by atoms with Crippen LogP contribution in [0.1, 0.15) is 25.8 Å². The normalized spacial score (nSPS) is 12.2. The molecule has 1 unspecified atom stereocenters. The van der Waals surface area contributed by atoms with Crippen LogP contribution in [-0.4, -0.2) is 0 Å². The van der Waals surface area contributed by atoms with E-state index in [0.29, 0.717) is 5.92 Å². The molecule has 0 nitrogen and oxygen atoms in total. The molecular formula is C17H21F. The number of rotatable bonds is 6. The van der Waals surface area contributed by atoms with Crippen LogP contribution in [0.4, 0.5) is 4.39 Å². The van der Waals surface area contributed by atoms with Crippen LogP contribution in [0.25, 0.3) is 5.57 Å². The van der Waals surface area contributed by atoms with Gasteiger partial charge in [0.25, 0.3) is 0 Å². The molecule has 18 heavy (non-hydrogen) atoms. The maximum Gasteiger partial charge on any atom is 0.123 e. The molecule has 0 aromatic heterocycles. The highest BCUT2D eigenvalue weighted by Crippen LogP contribution is 2.33. The van der Waals surface area contributed by atoms with E-state index in [9.17, 15) is 4.39 Å². The summed E-state index contributed by atoms with van der Waals surface area (Å²) in [6.45, 7) is 16.3. The standard InChI is InChI=1S/C17H21F/c1-6-7-17(13(4)12(2)3)14(5)15-8-10-16(18)11-9-15/h6,8-12,17H,1,4-5,7H2,2-3H3. The van der Waals surface area contributed by atoms with Gasteiger partial charge in [-0.15, -0.1) is 6.58 Å². The Bertz CT molecular complexity index is 437. The lowest BCUT2D eigenvalue weighted by atomic mass is 9.81. The summed E-state index contributed by atoms with van der Waals surface area (Å²) in [6.07, 6.45) is 2.69. The fraction of sp³-hybridized carbons (Fsp3) is 0.294. The summed E-state index contributed by atoms with van der Waals surface area (Å²) in [5.41, 5.74) is 3.09. The number of benzene rings is 1. The van der Waals surface area contributed by atoms with Gasteiger partial charge in [-0.25, -0.2) is 4.39 Å². The Labute approximate surface area is 110 Å². The van der Waals surface area contributed by atoms with Crippen LogP contribution in [0.15, 0.2) is 55.7 Å². The average Bonchev–Trinajstić information content (AvgIpc) is 2.35. The van der Waals surface area contributed by atoms with Gasteiger partial charge in [-0.05, 0) is 35.6 Å². The molecule has 0 heterocycles. The van der Waals surface area contributed by atoms with E-state index in [1.54, 1.807) is 12.1 Å². The van der Waals surface area contributed by atoms with Gasteiger partial charge in [0.2, 0.25) is 0 Å². The van der Waals surface area contributed by atoms with E-state index in [-0.39, 0.29) is 11.7 Å². The molecule has 0 saturated carbocycles. The highest BCUT2D eigenvalue weighted by molar-refractivity contribution is 5.68. The van der Waals surface area contributed by atoms with E-state index in [1.807, 2.05) is 6.08 Å². The molecule has 0 spiro atoms. The van der Waals surface area contributed by atoms with E-state index in [4.69, 9.17) is 0 Å². The minimum Gasteiger partial charge on any atom is -0.207 e. The van der Waals surface area contributed by atoms with Crippen LogP contribution in [0.3, 0.4) is 0 Å². The second-order valence-electron chi connectivity index (χ2n) is 4.84. The summed E-state index contributed by atoms with van der Waals surface area (Å²) in [5, 5.41) is 0. The van der Waals surface area contributed by atoms with Gasteiger partial charge in [-0.2, -0.15) is 0 Å². The van der Waals surface area contributed by atoms with Crippen LogP contribution in [0, 0.1) is 17.7 Å². The van der Waals surface area contributed by atoms with Crippen molar-refractivity contribution in [1.82, 2.24) is 0 Å². The van der Waals surface area contributed by atoms with Crippen molar-refractivity contribution in [3.63, 3.8) is 0 Å².